The van der Waals surface area contributed by atoms with Gasteiger partial charge >= 0.3 is 0 Å². The summed E-state index contributed by atoms with van der Waals surface area (Å²) in [6.07, 6.45) is 0.773. The minimum absolute atomic E-state index is 0.0754. The zero-order valence-corrected chi connectivity index (χ0v) is 14.8. The second-order valence-corrected chi connectivity index (χ2v) is 6.71. The number of hydrogen-bond donors (Lipinski definition) is 4. The molecule has 5 nitrogen and oxygen atoms in total. The Kier molecular flexibility index (Phi) is 5.31. The number of nitrogens with zero attached hydrogens (tertiary/aromatic N) is 1. The largest absolute Gasteiger partial charge is 0.508 e. The van der Waals surface area contributed by atoms with E-state index in [0.717, 1.165) is 17.7 Å². The Labute approximate surface area is 152 Å². The first-order chi connectivity index (χ1) is 12.0. The first-order valence-electron chi connectivity index (χ1n) is 8.26. The minimum atomic E-state index is 0.0754. The number of aromatic hydroxyl groups is 1. The Morgan fingerprint density at radius 3 is 2.48 bits per heavy atom. The van der Waals surface area contributed by atoms with Crippen molar-refractivity contribution < 1.29 is 5.11 Å². The van der Waals surface area contributed by atoms with Gasteiger partial charge in [-0.15, -0.1) is 0 Å². The third kappa shape index (κ3) is 4.15. The van der Waals surface area contributed by atoms with Crippen molar-refractivity contribution in [1.29, 1.82) is 0 Å². The highest BCUT2D eigenvalue weighted by molar-refractivity contribution is 7.80. The summed E-state index contributed by atoms with van der Waals surface area (Å²) in [6.45, 7) is 2.13. The summed E-state index contributed by atoms with van der Waals surface area (Å²) < 4.78 is 0. The summed E-state index contributed by atoms with van der Waals surface area (Å²) in [5.41, 5.74) is 11.6. The SMILES string of the molecule is CC1/C(=N\NC(N)=S)CC(c2ccccc2)NC1c1ccc(O)cc1. The molecule has 0 spiro atoms. The monoisotopic (exact) mass is 354 g/mol. The van der Waals surface area contributed by atoms with E-state index >= 15 is 0 Å². The fourth-order valence-electron chi connectivity index (χ4n) is 3.25. The molecule has 3 atom stereocenters. The summed E-state index contributed by atoms with van der Waals surface area (Å²) >= 11 is 4.88. The van der Waals surface area contributed by atoms with E-state index in [9.17, 15) is 5.11 Å². The molecule has 5 N–H and O–H groups in total. The molecule has 2 aromatic rings. The fraction of sp³-hybridized carbons (Fsp3) is 0.263. The highest BCUT2D eigenvalue weighted by Crippen LogP contribution is 2.35. The molecule has 25 heavy (non-hydrogen) atoms. The van der Waals surface area contributed by atoms with Crippen molar-refractivity contribution >= 4 is 23.0 Å². The number of thiocarbonyl (C=S) groups is 1. The van der Waals surface area contributed by atoms with Gasteiger partial charge in [0.05, 0.1) is 0 Å². The van der Waals surface area contributed by atoms with Crippen LogP contribution in [-0.2, 0) is 0 Å². The molecule has 3 unspecified atom stereocenters. The van der Waals surface area contributed by atoms with Crippen LogP contribution in [0.25, 0.3) is 0 Å². The van der Waals surface area contributed by atoms with Crippen molar-refractivity contribution in [3.63, 3.8) is 0 Å². The molecule has 1 aliphatic heterocycles. The zero-order valence-electron chi connectivity index (χ0n) is 14.0. The predicted molar refractivity (Wildman–Crippen MR) is 104 cm³/mol. The Morgan fingerprint density at radius 1 is 1.16 bits per heavy atom. The van der Waals surface area contributed by atoms with Crippen LogP contribution in [0.5, 0.6) is 5.75 Å². The normalized spacial score (nSPS) is 24.8. The van der Waals surface area contributed by atoms with Gasteiger partial charge in [0.15, 0.2) is 5.11 Å². The number of hydrazone groups is 1. The second kappa shape index (κ2) is 7.63. The molecule has 0 saturated carbocycles. The molecule has 1 fully saturated rings. The van der Waals surface area contributed by atoms with Crippen LogP contribution in [0.2, 0.25) is 0 Å². The van der Waals surface area contributed by atoms with Crippen molar-refractivity contribution in [2.24, 2.45) is 16.8 Å². The lowest BCUT2D eigenvalue weighted by atomic mass is 9.81. The van der Waals surface area contributed by atoms with Crippen molar-refractivity contribution in [3.8, 4) is 5.75 Å². The molecule has 0 amide bonds. The second-order valence-electron chi connectivity index (χ2n) is 6.27. The summed E-state index contributed by atoms with van der Waals surface area (Å²) in [5, 5.41) is 17.9. The Bertz CT molecular complexity index is 761. The topological polar surface area (TPSA) is 82.7 Å². The van der Waals surface area contributed by atoms with Gasteiger partial charge in [-0.05, 0) is 35.5 Å². The van der Waals surface area contributed by atoms with Gasteiger partial charge in [0.2, 0.25) is 0 Å². The van der Waals surface area contributed by atoms with Crippen LogP contribution in [0, 0.1) is 5.92 Å². The number of rotatable bonds is 3. The molecule has 0 radical (unpaired) electrons. The number of phenols is 1. The number of nitrogens with one attached hydrogen (secondary N) is 2. The Hall–Kier alpha value is -2.44. The van der Waals surface area contributed by atoms with Crippen molar-refractivity contribution in [2.45, 2.75) is 25.4 Å². The van der Waals surface area contributed by atoms with Crippen molar-refractivity contribution in [1.82, 2.24) is 10.7 Å². The molecule has 0 aromatic heterocycles. The molecule has 1 aliphatic rings. The van der Waals surface area contributed by atoms with E-state index < -0.39 is 0 Å². The fourth-order valence-corrected chi connectivity index (χ4v) is 3.29. The molecule has 3 rings (SSSR count). The van der Waals surface area contributed by atoms with Gasteiger partial charge in [0, 0.05) is 30.1 Å². The lowest BCUT2D eigenvalue weighted by Crippen LogP contribution is -2.42. The van der Waals surface area contributed by atoms with Crippen LogP contribution in [0.3, 0.4) is 0 Å². The smallest absolute Gasteiger partial charge is 0.184 e. The highest BCUT2D eigenvalue weighted by Gasteiger charge is 2.33. The van der Waals surface area contributed by atoms with Gasteiger partial charge in [-0.2, -0.15) is 5.10 Å². The number of phenolic OH excluding ortho intramolecular Hbond substituents is 1. The summed E-state index contributed by atoms with van der Waals surface area (Å²) in [7, 11) is 0. The third-order valence-corrected chi connectivity index (χ3v) is 4.67. The molecule has 1 saturated heterocycles. The van der Waals surface area contributed by atoms with E-state index in [-0.39, 0.29) is 28.9 Å². The molecule has 0 aliphatic carbocycles. The quantitative estimate of drug-likeness (QED) is 0.503. The lowest BCUT2D eigenvalue weighted by Gasteiger charge is -2.37. The molecule has 2 aromatic carbocycles. The van der Waals surface area contributed by atoms with Crippen LogP contribution in [0.4, 0.5) is 0 Å². The van der Waals surface area contributed by atoms with Gasteiger partial charge in [-0.3, -0.25) is 5.43 Å². The number of piperidine rings is 1. The first kappa shape index (κ1) is 17.4. The van der Waals surface area contributed by atoms with E-state index in [1.807, 2.05) is 30.3 Å². The van der Waals surface area contributed by atoms with Crippen LogP contribution < -0.4 is 16.5 Å². The van der Waals surface area contributed by atoms with Gasteiger partial charge in [0.1, 0.15) is 5.75 Å². The molecule has 0 bridgehead atoms. The Balaban J connectivity index is 1.93. The standard InChI is InChI=1S/C19H22N4OS/c1-12-16(22-23-19(20)25)11-17(13-5-3-2-4-6-13)21-18(12)14-7-9-15(24)10-8-14/h2-10,12,17-18,21,24H,11H2,1H3,(H3,20,23,25)/b22-16-. The molecular formula is C19H22N4OS. The Morgan fingerprint density at radius 2 is 1.84 bits per heavy atom. The molecule has 1 heterocycles. The molecule has 6 heteroatoms. The third-order valence-electron chi connectivity index (χ3n) is 4.58. The highest BCUT2D eigenvalue weighted by atomic mass is 32.1. The van der Waals surface area contributed by atoms with Gasteiger partial charge in [-0.25, -0.2) is 0 Å². The van der Waals surface area contributed by atoms with Gasteiger partial charge in [0.25, 0.3) is 0 Å². The van der Waals surface area contributed by atoms with E-state index in [1.54, 1.807) is 12.1 Å². The van der Waals surface area contributed by atoms with Gasteiger partial charge in [-0.1, -0.05) is 49.4 Å². The van der Waals surface area contributed by atoms with Crippen LogP contribution in [-0.4, -0.2) is 15.9 Å². The van der Waals surface area contributed by atoms with Crippen molar-refractivity contribution in [2.75, 3.05) is 0 Å². The van der Waals surface area contributed by atoms with E-state index in [1.165, 1.54) is 5.56 Å². The predicted octanol–water partition coefficient (Wildman–Crippen LogP) is 2.99. The van der Waals surface area contributed by atoms with Gasteiger partial charge < -0.3 is 16.2 Å². The van der Waals surface area contributed by atoms with E-state index in [2.05, 4.69) is 34.9 Å². The number of hydrogen-bond acceptors (Lipinski definition) is 4. The summed E-state index contributed by atoms with van der Waals surface area (Å²) in [4.78, 5) is 0. The average Bonchev–Trinajstić information content (AvgIpc) is 2.62. The summed E-state index contributed by atoms with van der Waals surface area (Å²) in [6, 6.07) is 17.8. The van der Waals surface area contributed by atoms with Crippen LogP contribution >= 0.6 is 12.2 Å². The van der Waals surface area contributed by atoms with E-state index in [4.69, 9.17) is 18.0 Å². The molecule has 130 valence electrons. The maximum Gasteiger partial charge on any atom is 0.184 e. The number of benzene rings is 2. The maximum atomic E-state index is 9.57. The zero-order chi connectivity index (χ0) is 17.8. The van der Waals surface area contributed by atoms with Crippen LogP contribution in [0.15, 0.2) is 59.7 Å². The average molecular weight is 354 g/mol. The summed E-state index contributed by atoms with van der Waals surface area (Å²) in [5.74, 6) is 0.419. The molecular weight excluding hydrogens is 332 g/mol. The number of nitrogens with two attached hydrogens (primary N) is 1. The van der Waals surface area contributed by atoms with Crippen molar-refractivity contribution in [3.05, 3.63) is 65.7 Å². The maximum absolute atomic E-state index is 9.57. The van der Waals surface area contributed by atoms with Crippen LogP contribution in [0.1, 0.15) is 36.6 Å². The first-order valence-corrected chi connectivity index (χ1v) is 8.67. The van der Waals surface area contributed by atoms with E-state index in [0.29, 0.717) is 0 Å². The lowest BCUT2D eigenvalue weighted by molar-refractivity contribution is 0.363. The minimum Gasteiger partial charge on any atom is -0.508 e.